The molecule has 0 saturated carbocycles. The Bertz CT molecular complexity index is 580. The molecule has 0 aromatic heterocycles. The zero-order valence-electron chi connectivity index (χ0n) is 12.0. The second-order valence-corrected chi connectivity index (χ2v) is 5.28. The summed E-state index contributed by atoms with van der Waals surface area (Å²) < 4.78 is 11.3. The third-order valence-corrected chi connectivity index (χ3v) is 3.76. The van der Waals surface area contributed by atoms with Crippen molar-refractivity contribution in [1.82, 2.24) is 0 Å². The van der Waals surface area contributed by atoms with Crippen molar-refractivity contribution in [3.8, 4) is 11.5 Å². The molecule has 3 rings (SSSR count). The van der Waals surface area contributed by atoms with Crippen LogP contribution in [0, 0.1) is 0 Å². The van der Waals surface area contributed by atoms with Gasteiger partial charge in [0, 0.05) is 0 Å². The van der Waals surface area contributed by atoms with E-state index in [1.165, 1.54) is 5.56 Å². The fraction of sp³-hybridized carbons (Fsp3) is 0.333. The van der Waals surface area contributed by atoms with Crippen molar-refractivity contribution in [2.45, 2.75) is 25.4 Å². The monoisotopic (exact) mass is 284 g/mol. The summed E-state index contributed by atoms with van der Waals surface area (Å²) in [4.78, 5) is 0. The second kappa shape index (κ2) is 6.64. The Kier molecular flexibility index (Phi) is 4.41. The van der Waals surface area contributed by atoms with Gasteiger partial charge >= 0.3 is 0 Å². The van der Waals surface area contributed by atoms with Crippen LogP contribution in [0.15, 0.2) is 48.5 Å². The Morgan fingerprint density at radius 1 is 0.952 bits per heavy atom. The zero-order valence-corrected chi connectivity index (χ0v) is 12.0. The number of aliphatic hydroxyl groups excluding tert-OH is 1. The quantitative estimate of drug-likeness (QED) is 0.854. The van der Waals surface area contributed by atoms with E-state index in [0.29, 0.717) is 13.2 Å². The number of aliphatic hydroxyl groups is 1. The van der Waals surface area contributed by atoms with E-state index >= 15 is 0 Å². The highest BCUT2D eigenvalue weighted by Gasteiger charge is 2.17. The van der Waals surface area contributed by atoms with Crippen LogP contribution in [0.25, 0.3) is 0 Å². The number of ether oxygens (including phenoxy) is 2. The first-order valence-corrected chi connectivity index (χ1v) is 7.44. The van der Waals surface area contributed by atoms with Crippen molar-refractivity contribution in [3.05, 3.63) is 59.7 Å². The Morgan fingerprint density at radius 2 is 1.71 bits per heavy atom. The molecule has 0 fully saturated rings. The molecule has 21 heavy (non-hydrogen) atoms. The summed E-state index contributed by atoms with van der Waals surface area (Å²) >= 11 is 0. The molecule has 0 saturated heterocycles. The molecule has 0 heterocycles. The molecule has 2 aromatic rings. The van der Waals surface area contributed by atoms with Crippen LogP contribution in [0.5, 0.6) is 11.5 Å². The van der Waals surface area contributed by atoms with Gasteiger partial charge in [-0.3, -0.25) is 0 Å². The molecule has 110 valence electrons. The van der Waals surface area contributed by atoms with E-state index in [-0.39, 0.29) is 6.10 Å². The topological polar surface area (TPSA) is 38.7 Å². The molecule has 2 aromatic carbocycles. The van der Waals surface area contributed by atoms with Crippen LogP contribution in [0.2, 0.25) is 0 Å². The van der Waals surface area contributed by atoms with Crippen LogP contribution >= 0.6 is 0 Å². The van der Waals surface area contributed by atoms with E-state index in [1.54, 1.807) is 0 Å². The van der Waals surface area contributed by atoms with E-state index in [2.05, 4.69) is 0 Å². The van der Waals surface area contributed by atoms with Gasteiger partial charge in [0.1, 0.15) is 24.7 Å². The van der Waals surface area contributed by atoms with Crippen LogP contribution in [0.1, 0.15) is 30.1 Å². The van der Waals surface area contributed by atoms with Gasteiger partial charge in [-0.2, -0.15) is 0 Å². The van der Waals surface area contributed by atoms with Crippen molar-refractivity contribution in [2.24, 2.45) is 0 Å². The zero-order chi connectivity index (χ0) is 14.5. The maximum atomic E-state index is 9.93. The van der Waals surface area contributed by atoms with Gasteiger partial charge < -0.3 is 14.6 Å². The molecule has 3 heteroatoms. The first-order chi connectivity index (χ1) is 10.3. The molecular formula is C18H20O3. The third kappa shape index (κ3) is 3.56. The minimum Gasteiger partial charge on any atom is -0.490 e. The molecule has 0 aliphatic heterocycles. The number of hydrogen-bond acceptors (Lipinski definition) is 3. The maximum absolute atomic E-state index is 9.93. The van der Waals surface area contributed by atoms with Crippen molar-refractivity contribution < 1.29 is 14.6 Å². The number of hydrogen-bond donors (Lipinski definition) is 1. The van der Waals surface area contributed by atoms with E-state index in [4.69, 9.17) is 9.47 Å². The highest BCUT2D eigenvalue weighted by molar-refractivity contribution is 5.38. The van der Waals surface area contributed by atoms with E-state index in [9.17, 15) is 5.11 Å². The fourth-order valence-electron chi connectivity index (χ4n) is 2.69. The standard InChI is InChI=1S/C18H20O3/c19-18-8-4-5-14-13-16(9-10-17(14)18)21-12-11-20-15-6-2-1-3-7-15/h1-3,6-7,9-10,13,18-19H,4-5,8,11-12H2. The summed E-state index contributed by atoms with van der Waals surface area (Å²) in [6.07, 6.45) is 2.60. The van der Waals surface area contributed by atoms with Crippen LogP contribution < -0.4 is 9.47 Å². The van der Waals surface area contributed by atoms with Crippen LogP contribution in [0.4, 0.5) is 0 Å². The predicted molar refractivity (Wildman–Crippen MR) is 81.8 cm³/mol. The van der Waals surface area contributed by atoms with Crippen molar-refractivity contribution in [3.63, 3.8) is 0 Å². The van der Waals surface area contributed by atoms with Gasteiger partial charge in [0.05, 0.1) is 6.10 Å². The van der Waals surface area contributed by atoms with Gasteiger partial charge in [-0.25, -0.2) is 0 Å². The predicted octanol–water partition coefficient (Wildman–Crippen LogP) is 3.51. The average Bonchev–Trinajstić information content (AvgIpc) is 2.53. The molecule has 3 nitrogen and oxygen atoms in total. The van der Waals surface area contributed by atoms with Crippen molar-refractivity contribution >= 4 is 0 Å². The summed E-state index contributed by atoms with van der Waals surface area (Å²) in [5, 5.41) is 9.93. The maximum Gasteiger partial charge on any atom is 0.122 e. The lowest BCUT2D eigenvalue weighted by molar-refractivity contribution is 0.156. The minimum absolute atomic E-state index is 0.316. The SMILES string of the molecule is OC1CCCc2cc(OCCOc3ccccc3)ccc21. The van der Waals surface area contributed by atoms with Crippen molar-refractivity contribution in [1.29, 1.82) is 0 Å². The second-order valence-electron chi connectivity index (χ2n) is 5.28. The Balaban J connectivity index is 1.52. The molecule has 1 unspecified atom stereocenters. The van der Waals surface area contributed by atoms with Gasteiger partial charge in [0.15, 0.2) is 0 Å². The number of rotatable bonds is 5. The van der Waals surface area contributed by atoms with E-state index in [1.807, 2.05) is 48.5 Å². The smallest absolute Gasteiger partial charge is 0.122 e. The average molecular weight is 284 g/mol. The van der Waals surface area contributed by atoms with Gasteiger partial charge in [0.25, 0.3) is 0 Å². The summed E-state index contributed by atoms with van der Waals surface area (Å²) in [7, 11) is 0. The van der Waals surface area contributed by atoms with Crippen LogP contribution in [0.3, 0.4) is 0 Å². The lowest BCUT2D eigenvalue weighted by Gasteiger charge is -2.21. The Labute approximate surface area is 125 Å². The minimum atomic E-state index is -0.316. The highest BCUT2D eigenvalue weighted by atomic mass is 16.5. The lowest BCUT2D eigenvalue weighted by atomic mass is 9.89. The summed E-state index contributed by atoms with van der Waals surface area (Å²) in [5.74, 6) is 1.70. The van der Waals surface area contributed by atoms with Crippen LogP contribution in [-0.4, -0.2) is 18.3 Å². The molecule has 0 bridgehead atoms. The lowest BCUT2D eigenvalue weighted by Crippen LogP contribution is -2.11. The number of para-hydroxylation sites is 1. The third-order valence-electron chi connectivity index (χ3n) is 3.76. The van der Waals surface area contributed by atoms with E-state index < -0.39 is 0 Å². The molecule has 0 radical (unpaired) electrons. The largest absolute Gasteiger partial charge is 0.490 e. The summed E-state index contributed by atoms with van der Waals surface area (Å²) in [6.45, 7) is 1.03. The molecule has 1 aliphatic rings. The van der Waals surface area contributed by atoms with Gasteiger partial charge in [0.2, 0.25) is 0 Å². The number of fused-ring (bicyclic) bond motifs is 1. The summed E-state index contributed by atoms with van der Waals surface area (Å²) in [6, 6.07) is 15.7. The Morgan fingerprint density at radius 3 is 2.52 bits per heavy atom. The van der Waals surface area contributed by atoms with Gasteiger partial charge in [-0.05, 0) is 54.7 Å². The van der Waals surface area contributed by atoms with E-state index in [0.717, 1.165) is 36.3 Å². The highest BCUT2D eigenvalue weighted by Crippen LogP contribution is 2.31. The molecule has 1 aliphatic carbocycles. The molecule has 1 N–H and O–H groups in total. The van der Waals surface area contributed by atoms with Gasteiger partial charge in [-0.1, -0.05) is 24.3 Å². The Hall–Kier alpha value is -2.00. The first-order valence-electron chi connectivity index (χ1n) is 7.44. The van der Waals surface area contributed by atoms with Crippen molar-refractivity contribution in [2.75, 3.05) is 13.2 Å². The molecule has 0 spiro atoms. The molecule has 0 amide bonds. The normalized spacial score (nSPS) is 17.1. The number of aryl methyl sites for hydroxylation is 1. The first kappa shape index (κ1) is 14.0. The number of benzene rings is 2. The fourth-order valence-corrected chi connectivity index (χ4v) is 2.69. The molecular weight excluding hydrogens is 264 g/mol. The molecule has 1 atom stereocenters. The van der Waals surface area contributed by atoms with Crippen LogP contribution in [-0.2, 0) is 6.42 Å². The van der Waals surface area contributed by atoms with Gasteiger partial charge in [-0.15, -0.1) is 0 Å². The summed E-state index contributed by atoms with van der Waals surface area (Å²) in [5.41, 5.74) is 2.25.